The van der Waals surface area contributed by atoms with Crippen LogP contribution in [0.2, 0.25) is 0 Å². The van der Waals surface area contributed by atoms with E-state index in [4.69, 9.17) is 4.42 Å². The molecule has 0 unspecified atom stereocenters. The minimum Gasteiger partial charge on any atom is -0.459 e. The third-order valence-corrected chi connectivity index (χ3v) is 5.25. The topological polar surface area (TPSA) is 118 Å². The van der Waals surface area contributed by atoms with Crippen LogP contribution in [0.25, 0.3) is 0 Å². The van der Waals surface area contributed by atoms with E-state index in [1.807, 2.05) is 0 Å². The first-order chi connectivity index (χ1) is 13.9. The van der Waals surface area contributed by atoms with Crippen molar-refractivity contribution in [3.8, 4) is 0 Å². The van der Waals surface area contributed by atoms with Crippen LogP contribution in [-0.4, -0.2) is 26.0 Å². The van der Waals surface area contributed by atoms with Crippen molar-refractivity contribution in [2.45, 2.75) is 6.92 Å². The van der Waals surface area contributed by atoms with Crippen molar-refractivity contribution >= 4 is 38.9 Å². The standard InChI is InChI=1S/C20H19N3O5S/c1-2-29(26,27)23-17-11-9-16(10-12-17)21-19(24)14-5-7-15(8-6-14)22-20(25)18-4-3-13-28-18/h3-13,23H,2H2,1H3,(H,21,24)(H,22,25). The van der Waals surface area contributed by atoms with Crippen LogP contribution in [0.5, 0.6) is 0 Å². The summed E-state index contributed by atoms with van der Waals surface area (Å²) in [5.74, 6) is -0.554. The van der Waals surface area contributed by atoms with Crippen LogP contribution in [0.1, 0.15) is 27.8 Å². The Morgan fingerprint density at radius 3 is 1.93 bits per heavy atom. The first-order valence-corrected chi connectivity index (χ1v) is 10.4. The molecule has 0 fully saturated rings. The van der Waals surface area contributed by atoms with Crippen LogP contribution in [0.15, 0.2) is 71.3 Å². The van der Waals surface area contributed by atoms with Gasteiger partial charge < -0.3 is 15.1 Å². The third kappa shape index (κ3) is 5.45. The summed E-state index contributed by atoms with van der Waals surface area (Å²) in [4.78, 5) is 24.3. The van der Waals surface area contributed by atoms with E-state index in [1.165, 1.54) is 6.26 Å². The minimum atomic E-state index is -3.35. The molecular formula is C20H19N3O5S. The highest BCUT2D eigenvalue weighted by Gasteiger charge is 2.11. The lowest BCUT2D eigenvalue weighted by molar-refractivity contribution is 0.0995. The smallest absolute Gasteiger partial charge is 0.291 e. The Hall–Kier alpha value is -3.59. The van der Waals surface area contributed by atoms with Crippen molar-refractivity contribution in [3.05, 3.63) is 78.3 Å². The normalized spacial score (nSPS) is 10.9. The zero-order valence-corrected chi connectivity index (χ0v) is 16.3. The van der Waals surface area contributed by atoms with Gasteiger partial charge in [0.05, 0.1) is 12.0 Å². The van der Waals surface area contributed by atoms with E-state index in [0.717, 1.165) is 0 Å². The first-order valence-electron chi connectivity index (χ1n) is 8.73. The molecular weight excluding hydrogens is 394 g/mol. The largest absolute Gasteiger partial charge is 0.459 e. The summed E-state index contributed by atoms with van der Waals surface area (Å²) in [5.41, 5.74) is 1.86. The summed E-state index contributed by atoms with van der Waals surface area (Å²) in [7, 11) is -3.35. The fraction of sp³-hybridized carbons (Fsp3) is 0.100. The predicted octanol–water partition coefficient (Wildman–Crippen LogP) is 3.55. The lowest BCUT2D eigenvalue weighted by Crippen LogP contribution is -2.15. The van der Waals surface area contributed by atoms with Crippen LogP contribution >= 0.6 is 0 Å². The van der Waals surface area contributed by atoms with Gasteiger partial charge in [-0.2, -0.15) is 0 Å². The number of rotatable bonds is 7. The molecule has 8 nitrogen and oxygen atoms in total. The van der Waals surface area contributed by atoms with Gasteiger partial charge in [-0.15, -0.1) is 0 Å². The van der Waals surface area contributed by atoms with Crippen LogP contribution in [0.4, 0.5) is 17.1 Å². The Labute approximate surface area is 168 Å². The summed E-state index contributed by atoms with van der Waals surface area (Å²) >= 11 is 0. The fourth-order valence-electron chi connectivity index (χ4n) is 2.38. The number of anilines is 3. The molecule has 1 aromatic heterocycles. The molecule has 0 radical (unpaired) electrons. The second kappa shape index (κ2) is 8.61. The molecule has 3 aromatic rings. The van der Waals surface area contributed by atoms with Crippen molar-refractivity contribution in [1.82, 2.24) is 0 Å². The molecule has 0 saturated carbocycles. The molecule has 0 spiro atoms. The number of carbonyl (C=O) groups excluding carboxylic acids is 2. The summed E-state index contributed by atoms with van der Waals surface area (Å²) in [6.07, 6.45) is 1.41. The van der Waals surface area contributed by atoms with E-state index in [9.17, 15) is 18.0 Å². The number of carbonyl (C=O) groups is 2. The van der Waals surface area contributed by atoms with Crippen LogP contribution in [0, 0.1) is 0 Å². The van der Waals surface area contributed by atoms with Crippen LogP contribution < -0.4 is 15.4 Å². The molecule has 9 heteroatoms. The van der Waals surface area contributed by atoms with E-state index in [0.29, 0.717) is 22.6 Å². The van der Waals surface area contributed by atoms with Gasteiger partial charge in [-0.3, -0.25) is 14.3 Å². The number of amides is 2. The van der Waals surface area contributed by atoms with Gasteiger partial charge in [-0.25, -0.2) is 8.42 Å². The van der Waals surface area contributed by atoms with E-state index >= 15 is 0 Å². The molecule has 0 bridgehead atoms. The van der Waals surface area contributed by atoms with Crippen molar-refractivity contribution in [3.63, 3.8) is 0 Å². The molecule has 1 heterocycles. The minimum absolute atomic E-state index is 0.0244. The molecule has 0 atom stereocenters. The molecule has 2 aromatic carbocycles. The maximum absolute atomic E-state index is 12.4. The molecule has 0 saturated heterocycles. The van der Waals surface area contributed by atoms with Gasteiger partial charge in [0.25, 0.3) is 11.8 Å². The zero-order chi connectivity index (χ0) is 20.9. The maximum Gasteiger partial charge on any atom is 0.291 e. The second-order valence-electron chi connectivity index (χ2n) is 6.05. The van der Waals surface area contributed by atoms with Gasteiger partial charge in [-0.05, 0) is 67.6 Å². The van der Waals surface area contributed by atoms with Gasteiger partial charge in [-0.1, -0.05) is 0 Å². The van der Waals surface area contributed by atoms with E-state index in [2.05, 4.69) is 15.4 Å². The number of nitrogens with one attached hydrogen (secondary N) is 3. The Morgan fingerprint density at radius 1 is 0.828 bits per heavy atom. The highest BCUT2D eigenvalue weighted by molar-refractivity contribution is 7.92. The molecule has 3 N–H and O–H groups in total. The van der Waals surface area contributed by atoms with Crippen molar-refractivity contribution in [1.29, 1.82) is 0 Å². The summed E-state index contributed by atoms with van der Waals surface area (Å²) < 4.78 is 30.6. The number of hydrogen-bond donors (Lipinski definition) is 3. The Bertz CT molecular complexity index is 1090. The van der Waals surface area contributed by atoms with Crippen LogP contribution in [0.3, 0.4) is 0 Å². The summed E-state index contributed by atoms with van der Waals surface area (Å²) in [6, 6.07) is 15.9. The quantitative estimate of drug-likeness (QED) is 0.548. The number of sulfonamides is 1. The van der Waals surface area contributed by atoms with E-state index in [-0.39, 0.29) is 23.3 Å². The van der Waals surface area contributed by atoms with Crippen molar-refractivity contribution in [2.24, 2.45) is 0 Å². The SMILES string of the molecule is CCS(=O)(=O)Nc1ccc(NC(=O)c2ccc(NC(=O)c3ccco3)cc2)cc1. The monoisotopic (exact) mass is 413 g/mol. The molecule has 0 aliphatic rings. The number of furan rings is 1. The van der Waals surface area contributed by atoms with Crippen LogP contribution in [-0.2, 0) is 10.0 Å². The van der Waals surface area contributed by atoms with E-state index < -0.39 is 10.0 Å². The van der Waals surface area contributed by atoms with Crippen molar-refractivity contribution in [2.75, 3.05) is 21.1 Å². The van der Waals surface area contributed by atoms with Gasteiger partial charge in [0, 0.05) is 22.6 Å². The van der Waals surface area contributed by atoms with E-state index in [1.54, 1.807) is 67.6 Å². The highest BCUT2D eigenvalue weighted by atomic mass is 32.2. The number of benzene rings is 2. The Morgan fingerprint density at radius 2 is 1.38 bits per heavy atom. The third-order valence-electron chi connectivity index (χ3n) is 3.95. The second-order valence-corrected chi connectivity index (χ2v) is 8.06. The van der Waals surface area contributed by atoms with Gasteiger partial charge in [0.15, 0.2) is 5.76 Å². The lowest BCUT2D eigenvalue weighted by atomic mass is 10.2. The van der Waals surface area contributed by atoms with Gasteiger partial charge in [0.1, 0.15) is 0 Å². The molecule has 2 amide bonds. The Kier molecular flexibility index (Phi) is 5.99. The average Bonchev–Trinajstić information content (AvgIpc) is 3.25. The highest BCUT2D eigenvalue weighted by Crippen LogP contribution is 2.17. The van der Waals surface area contributed by atoms with Gasteiger partial charge in [0.2, 0.25) is 10.0 Å². The molecule has 3 rings (SSSR count). The molecule has 29 heavy (non-hydrogen) atoms. The average molecular weight is 413 g/mol. The maximum atomic E-state index is 12.4. The summed E-state index contributed by atoms with van der Waals surface area (Å²) in [5, 5.41) is 5.40. The van der Waals surface area contributed by atoms with Crippen molar-refractivity contribution < 1.29 is 22.4 Å². The zero-order valence-electron chi connectivity index (χ0n) is 15.5. The molecule has 150 valence electrons. The predicted molar refractivity (Wildman–Crippen MR) is 111 cm³/mol. The molecule has 0 aliphatic carbocycles. The number of hydrogen-bond acceptors (Lipinski definition) is 5. The first kappa shape index (κ1) is 20.2. The lowest BCUT2D eigenvalue weighted by Gasteiger charge is -2.09. The Balaban J connectivity index is 1.60. The molecule has 0 aliphatic heterocycles. The fourth-order valence-corrected chi connectivity index (χ4v) is 3.02. The van der Waals surface area contributed by atoms with Gasteiger partial charge >= 0.3 is 0 Å². The summed E-state index contributed by atoms with van der Waals surface area (Å²) in [6.45, 7) is 1.55.